The molecular formula is C24H28ClN3O3S2. The molecule has 4 rings (SSSR count). The minimum Gasteiger partial charge on any atom is -0.492 e. The number of anilines is 1. The van der Waals surface area contributed by atoms with Crippen LogP contribution in [0, 0.1) is 6.92 Å². The molecule has 1 N–H and O–H groups in total. The summed E-state index contributed by atoms with van der Waals surface area (Å²) in [7, 11) is 0. The number of aliphatic carboxylic acids is 1. The molecule has 1 aliphatic rings. The lowest BCUT2D eigenvalue weighted by Crippen LogP contribution is -2.57. The van der Waals surface area contributed by atoms with Crippen LogP contribution in [0.5, 0.6) is 5.75 Å². The van der Waals surface area contributed by atoms with Crippen LogP contribution < -0.4 is 9.64 Å². The van der Waals surface area contributed by atoms with E-state index in [1.54, 1.807) is 22.7 Å². The number of halogens is 1. The summed E-state index contributed by atoms with van der Waals surface area (Å²) in [5.41, 5.74) is 1.77. The molecule has 0 amide bonds. The van der Waals surface area contributed by atoms with E-state index in [1.165, 1.54) is 0 Å². The number of carbonyl (C=O) groups is 1. The van der Waals surface area contributed by atoms with Crippen molar-refractivity contribution in [3.05, 3.63) is 52.0 Å². The molecule has 0 aliphatic carbocycles. The Labute approximate surface area is 207 Å². The Morgan fingerprint density at radius 1 is 1.18 bits per heavy atom. The van der Waals surface area contributed by atoms with E-state index in [0.717, 1.165) is 55.7 Å². The van der Waals surface area contributed by atoms with Crippen LogP contribution in [0.1, 0.15) is 25.0 Å². The monoisotopic (exact) mass is 505 g/mol. The highest BCUT2D eigenvalue weighted by molar-refractivity contribution is 7.25. The van der Waals surface area contributed by atoms with Gasteiger partial charge in [-0.05, 0) is 50.1 Å². The maximum atomic E-state index is 11.0. The zero-order chi connectivity index (χ0) is 23.5. The fourth-order valence-corrected chi connectivity index (χ4v) is 6.32. The number of thiazole rings is 1. The first-order chi connectivity index (χ1) is 15.8. The number of benzene rings is 1. The highest BCUT2D eigenvalue weighted by Gasteiger charge is 2.30. The van der Waals surface area contributed by atoms with Crippen molar-refractivity contribution in [2.24, 2.45) is 0 Å². The third-order valence-corrected chi connectivity index (χ3v) is 8.38. The molecule has 0 unspecified atom stereocenters. The smallest absolute Gasteiger partial charge is 0.307 e. The molecule has 2 atom stereocenters. The van der Waals surface area contributed by atoms with Crippen LogP contribution in [0.2, 0.25) is 4.34 Å². The summed E-state index contributed by atoms with van der Waals surface area (Å²) < 4.78 is 6.85. The van der Waals surface area contributed by atoms with Crippen molar-refractivity contribution in [2.75, 3.05) is 31.1 Å². The van der Waals surface area contributed by atoms with Gasteiger partial charge in [-0.2, -0.15) is 0 Å². The third-order valence-electron chi connectivity index (χ3n) is 5.90. The Balaban J connectivity index is 1.34. The molecule has 0 bridgehead atoms. The predicted molar refractivity (Wildman–Crippen MR) is 136 cm³/mol. The minimum atomic E-state index is -0.836. The summed E-state index contributed by atoms with van der Waals surface area (Å²) in [6, 6.07) is 10.3. The summed E-state index contributed by atoms with van der Waals surface area (Å²) in [5.74, 6) is -0.0754. The van der Waals surface area contributed by atoms with Crippen LogP contribution in [0.4, 0.5) is 5.13 Å². The molecule has 0 spiro atoms. The molecule has 33 heavy (non-hydrogen) atoms. The number of rotatable bonds is 8. The molecule has 2 aromatic heterocycles. The van der Waals surface area contributed by atoms with Crippen LogP contribution in [0.15, 0.2) is 36.5 Å². The van der Waals surface area contributed by atoms with Gasteiger partial charge in [0.2, 0.25) is 0 Å². The third kappa shape index (κ3) is 5.87. The van der Waals surface area contributed by atoms with E-state index in [4.69, 9.17) is 21.4 Å². The van der Waals surface area contributed by atoms with Gasteiger partial charge in [-0.1, -0.05) is 35.1 Å². The standard InChI is InChI=1S/C24H28ClN3O3S2/c1-15-4-5-18(11-23(29)30)10-19(15)31-9-8-28-16(2)13-27(14-17(28)3)24-26-12-21(33-24)20-6-7-22(25)32-20/h4-7,10,12,16-17H,8-9,11,13-14H2,1-3H3,(H,29,30)/t16-,17+. The number of ether oxygens (including phenoxy) is 1. The average Bonchev–Trinajstić information content (AvgIpc) is 3.41. The molecule has 6 nitrogen and oxygen atoms in total. The summed E-state index contributed by atoms with van der Waals surface area (Å²) in [5, 5.41) is 10.1. The second kappa shape index (κ2) is 10.4. The van der Waals surface area contributed by atoms with Crippen molar-refractivity contribution in [3.8, 4) is 15.5 Å². The van der Waals surface area contributed by atoms with Crippen LogP contribution in [-0.4, -0.2) is 59.3 Å². The largest absolute Gasteiger partial charge is 0.492 e. The van der Waals surface area contributed by atoms with Crippen molar-refractivity contribution >= 4 is 45.4 Å². The predicted octanol–water partition coefficient (Wildman–Crippen LogP) is 5.44. The minimum absolute atomic E-state index is 0.00462. The molecule has 1 fully saturated rings. The molecule has 1 saturated heterocycles. The topological polar surface area (TPSA) is 65.9 Å². The van der Waals surface area contributed by atoms with Crippen LogP contribution in [0.25, 0.3) is 9.75 Å². The van der Waals surface area contributed by atoms with Crippen LogP contribution >= 0.6 is 34.3 Å². The fourth-order valence-electron chi connectivity index (χ4n) is 4.27. The van der Waals surface area contributed by atoms with Gasteiger partial charge >= 0.3 is 5.97 Å². The number of hydrogen-bond donors (Lipinski definition) is 1. The normalized spacial score (nSPS) is 19.1. The summed E-state index contributed by atoms with van der Waals surface area (Å²) in [6.45, 7) is 9.67. The Morgan fingerprint density at radius 3 is 2.61 bits per heavy atom. The van der Waals surface area contributed by atoms with E-state index >= 15 is 0 Å². The number of thiophene rings is 1. The first-order valence-corrected chi connectivity index (χ1v) is 13.0. The van der Waals surface area contributed by atoms with Gasteiger partial charge < -0.3 is 14.7 Å². The van der Waals surface area contributed by atoms with E-state index in [-0.39, 0.29) is 6.42 Å². The Bertz CT molecular complexity index is 1100. The molecule has 1 aromatic carbocycles. The first kappa shape index (κ1) is 24.0. The SMILES string of the molecule is Cc1ccc(CC(=O)O)cc1OCCN1[C@H](C)CN(c2ncc(-c3ccc(Cl)s3)s2)C[C@@H]1C. The lowest BCUT2D eigenvalue weighted by atomic mass is 10.1. The maximum Gasteiger partial charge on any atom is 0.307 e. The van der Waals surface area contributed by atoms with E-state index in [9.17, 15) is 4.79 Å². The number of carboxylic acids is 1. The Morgan fingerprint density at radius 2 is 1.94 bits per heavy atom. The highest BCUT2D eigenvalue weighted by atomic mass is 35.5. The second-order valence-corrected chi connectivity index (χ2v) is 11.2. The summed E-state index contributed by atoms with van der Waals surface area (Å²) in [6.07, 6.45) is 1.95. The highest BCUT2D eigenvalue weighted by Crippen LogP contribution is 2.37. The quantitative estimate of drug-likeness (QED) is 0.440. The van der Waals surface area contributed by atoms with Crippen LogP contribution in [-0.2, 0) is 11.2 Å². The number of aryl methyl sites for hydroxylation is 1. The van der Waals surface area contributed by atoms with Gasteiger partial charge in [-0.3, -0.25) is 9.69 Å². The van der Waals surface area contributed by atoms with Gasteiger partial charge in [-0.15, -0.1) is 11.3 Å². The maximum absolute atomic E-state index is 11.0. The van der Waals surface area contributed by atoms with E-state index < -0.39 is 5.97 Å². The van der Waals surface area contributed by atoms with E-state index in [1.807, 2.05) is 43.5 Å². The fraction of sp³-hybridized carbons (Fsp3) is 0.417. The zero-order valence-corrected chi connectivity index (χ0v) is 21.3. The van der Waals surface area contributed by atoms with Crippen molar-refractivity contribution in [1.82, 2.24) is 9.88 Å². The molecule has 1 aliphatic heterocycles. The number of piperazine rings is 1. The lowest BCUT2D eigenvalue weighted by molar-refractivity contribution is -0.136. The van der Waals surface area contributed by atoms with Crippen molar-refractivity contribution in [1.29, 1.82) is 0 Å². The summed E-state index contributed by atoms with van der Waals surface area (Å²) >= 11 is 9.39. The van der Waals surface area contributed by atoms with Crippen molar-refractivity contribution in [2.45, 2.75) is 39.3 Å². The second-order valence-electron chi connectivity index (χ2n) is 8.47. The number of carboxylic acid groups (broad SMARTS) is 1. The first-order valence-electron chi connectivity index (χ1n) is 11.0. The Hall–Kier alpha value is -2.13. The van der Waals surface area contributed by atoms with Crippen molar-refractivity contribution in [3.63, 3.8) is 0 Å². The molecule has 176 valence electrons. The molecule has 3 heterocycles. The van der Waals surface area contributed by atoms with Gasteiger partial charge in [-0.25, -0.2) is 4.98 Å². The lowest BCUT2D eigenvalue weighted by Gasteiger charge is -2.44. The van der Waals surface area contributed by atoms with E-state index in [0.29, 0.717) is 18.7 Å². The molecule has 9 heteroatoms. The molecule has 0 saturated carbocycles. The van der Waals surface area contributed by atoms with Gasteiger partial charge in [0.15, 0.2) is 5.13 Å². The molecular weight excluding hydrogens is 478 g/mol. The van der Waals surface area contributed by atoms with Crippen LogP contribution in [0.3, 0.4) is 0 Å². The number of nitrogens with zero attached hydrogens (tertiary/aromatic N) is 3. The van der Waals surface area contributed by atoms with Crippen molar-refractivity contribution < 1.29 is 14.6 Å². The molecule has 3 aromatic rings. The number of hydrogen-bond acceptors (Lipinski definition) is 7. The Kier molecular flexibility index (Phi) is 7.58. The van der Waals surface area contributed by atoms with Gasteiger partial charge in [0.25, 0.3) is 0 Å². The number of aromatic nitrogens is 1. The molecule has 0 radical (unpaired) electrons. The summed E-state index contributed by atoms with van der Waals surface area (Å²) in [4.78, 5) is 22.8. The zero-order valence-electron chi connectivity index (χ0n) is 19.0. The van der Waals surface area contributed by atoms with E-state index in [2.05, 4.69) is 28.6 Å². The average molecular weight is 506 g/mol. The van der Waals surface area contributed by atoms with Gasteiger partial charge in [0.05, 0.1) is 15.6 Å². The van der Waals surface area contributed by atoms with Gasteiger partial charge in [0.1, 0.15) is 12.4 Å². The van der Waals surface area contributed by atoms with Gasteiger partial charge in [0, 0.05) is 42.8 Å².